The van der Waals surface area contributed by atoms with Crippen LogP contribution in [0.4, 0.5) is 0 Å². The van der Waals surface area contributed by atoms with E-state index in [9.17, 15) is 9.90 Å². The highest BCUT2D eigenvalue weighted by Gasteiger charge is 2.24. The molecule has 0 bridgehead atoms. The van der Waals surface area contributed by atoms with E-state index < -0.39 is 5.97 Å². The van der Waals surface area contributed by atoms with Crippen molar-refractivity contribution in [2.75, 3.05) is 19.7 Å². The Morgan fingerprint density at radius 1 is 1.04 bits per heavy atom. The molecule has 2 aromatic carbocycles. The van der Waals surface area contributed by atoms with Gasteiger partial charge in [0.25, 0.3) is 0 Å². The maximum absolute atomic E-state index is 11.2. The number of carboxylic acid groups (broad SMARTS) is 1. The third-order valence-corrected chi connectivity index (χ3v) is 5.81. The van der Waals surface area contributed by atoms with E-state index in [-0.39, 0.29) is 5.92 Å². The molecule has 0 unspecified atom stereocenters. The van der Waals surface area contributed by atoms with Gasteiger partial charge in [-0.3, -0.25) is 9.69 Å². The van der Waals surface area contributed by atoms with Gasteiger partial charge in [0.05, 0.1) is 12.5 Å². The van der Waals surface area contributed by atoms with E-state index in [1.54, 1.807) is 0 Å². The average molecular weight is 384 g/mol. The number of aliphatic carboxylic acids is 1. The van der Waals surface area contributed by atoms with E-state index in [1.165, 1.54) is 42.0 Å². The van der Waals surface area contributed by atoms with Crippen molar-refractivity contribution in [1.29, 1.82) is 0 Å². The molecule has 0 amide bonds. The first-order chi connectivity index (χ1) is 13.7. The number of unbranched alkanes of at least 4 members (excludes halogenated alkanes) is 4. The molecule has 3 rings (SSSR count). The highest BCUT2D eigenvalue weighted by molar-refractivity contribution is 5.91. The molecule has 28 heavy (non-hydrogen) atoms. The van der Waals surface area contributed by atoms with E-state index in [4.69, 9.17) is 4.74 Å². The molecule has 1 heterocycles. The Labute approximate surface area is 168 Å². The normalized spacial score (nSPS) is 15.8. The van der Waals surface area contributed by atoms with Gasteiger partial charge in [-0.15, -0.1) is 0 Å². The number of carboxylic acids is 1. The Kier molecular flexibility index (Phi) is 7.72. The fraction of sp³-hybridized carbons (Fsp3) is 0.542. The molecule has 152 valence electrons. The molecule has 0 spiro atoms. The van der Waals surface area contributed by atoms with Crippen molar-refractivity contribution in [3.63, 3.8) is 0 Å². The number of nitrogens with zero attached hydrogens (tertiary/aromatic N) is 1. The van der Waals surface area contributed by atoms with Crippen LogP contribution in [0.2, 0.25) is 0 Å². The summed E-state index contributed by atoms with van der Waals surface area (Å²) < 4.78 is 6.11. The zero-order valence-electron chi connectivity index (χ0n) is 17.0. The number of rotatable bonds is 10. The molecule has 0 aliphatic carbocycles. The molecule has 4 nitrogen and oxygen atoms in total. The molecule has 1 saturated heterocycles. The lowest BCUT2D eigenvalue weighted by Crippen LogP contribution is -2.35. The molecule has 0 radical (unpaired) electrons. The van der Waals surface area contributed by atoms with Crippen LogP contribution >= 0.6 is 0 Å². The largest absolute Gasteiger partial charge is 0.493 e. The van der Waals surface area contributed by atoms with Gasteiger partial charge in [0, 0.05) is 11.9 Å². The van der Waals surface area contributed by atoms with Crippen molar-refractivity contribution < 1.29 is 14.6 Å². The summed E-state index contributed by atoms with van der Waals surface area (Å²) in [7, 11) is 0. The first kappa shape index (κ1) is 20.7. The van der Waals surface area contributed by atoms with Crippen LogP contribution < -0.4 is 4.74 Å². The van der Waals surface area contributed by atoms with Crippen LogP contribution in [-0.4, -0.2) is 35.7 Å². The quantitative estimate of drug-likeness (QED) is 0.552. The third-order valence-electron chi connectivity index (χ3n) is 5.81. The molecule has 4 heteroatoms. The van der Waals surface area contributed by atoms with Crippen LogP contribution in [0.15, 0.2) is 36.4 Å². The first-order valence-electron chi connectivity index (χ1n) is 10.8. The van der Waals surface area contributed by atoms with Crippen molar-refractivity contribution in [3.05, 3.63) is 42.0 Å². The number of piperidine rings is 1. The van der Waals surface area contributed by atoms with Gasteiger partial charge >= 0.3 is 5.97 Å². The second kappa shape index (κ2) is 10.5. The second-order valence-electron chi connectivity index (χ2n) is 7.92. The Morgan fingerprint density at radius 3 is 2.50 bits per heavy atom. The molecule has 2 aromatic rings. The summed E-state index contributed by atoms with van der Waals surface area (Å²) in [6, 6.07) is 12.7. The van der Waals surface area contributed by atoms with Gasteiger partial charge in [0.15, 0.2) is 0 Å². The summed E-state index contributed by atoms with van der Waals surface area (Å²) in [6.45, 7) is 5.57. The minimum atomic E-state index is -0.652. The zero-order chi connectivity index (χ0) is 19.8. The Morgan fingerprint density at radius 2 is 1.75 bits per heavy atom. The summed E-state index contributed by atoms with van der Waals surface area (Å²) in [5.41, 5.74) is 1.29. The molecule has 1 N–H and O–H groups in total. The molecule has 0 saturated carbocycles. The summed E-state index contributed by atoms with van der Waals surface area (Å²) >= 11 is 0. The number of hydrogen-bond acceptors (Lipinski definition) is 3. The number of ether oxygens (including phenoxy) is 1. The maximum Gasteiger partial charge on any atom is 0.306 e. The Bertz CT molecular complexity index is 766. The van der Waals surface area contributed by atoms with Gasteiger partial charge in [0.2, 0.25) is 0 Å². The van der Waals surface area contributed by atoms with Crippen LogP contribution in [0.1, 0.15) is 57.4 Å². The first-order valence-corrected chi connectivity index (χ1v) is 10.8. The molecular formula is C24H33NO3. The molecule has 1 fully saturated rings. The van der Waals surface area contributed by atoms with Crippen molar-refractivity contribution in [2.24, 2.45) is 5.92 Å². The van der Waals surface area contributed by atoms with Gasteiger partial charge in [-0.25, -0.2) is 0 Å². The molecule has 0 atom stereocenters. The molecule has 0 aromatic heterocycles. The topological polar surface area (TPSA) is 49.8 Å². The van der Waals surface area contributed by atoms with Gasteiger partial charge in [-0.2, -0.15) is 0 Å². The lowest BCUT2D eigenvalue weighted by Gasteiger charge is -2.30. The van der Waals surface area contributed by atoms with Crippen LogP contribution in [0, 0.1) is 5.92 Å². The number of hydrogen-bond donors (Lipinski definition) is 1. The highest BCUT2D eigenvalue weighted by Crippen LogP contribution is 2.30. The molecule has 1 aliphatic heterocycles. The summed E-state index contributed by atoms with van der Waals surface area (Å²) in [4.78, 5) is 13.5. The smallest absolute Gasteiger partial charge is 0.306 e. The predicted molar refractivity (Wildman–Crippen MR) is 114 cm³/mol. The minimum Gasteiger partial charge on any atom is -0.493 e. The van der Waals surface area contributed by atoms with Gasteiger partial charge in [0.1, 0.15) is 5.75 Å². The van der Waals surface area contributed by atoms with Crippen LogP contribution in [0.5, 0.6) is 5.75 Å². The average Bonchev–Trinajstić information content (AvgIpc) is 2.71. The Hall–Kier alpha value is -2.07. The van der Waals surface area contributed by atoms with E-state index >= 15 is 0 Å². The van der Waals surface area contributed by atoms with Crippen molar-refractivity contribution in [1.82, 2.24) is 4.90 Å². The third kappa shape index (κ3) is 5.48. The van der Waals surface area contributed by atoms with Crippen LogP contribution in [0.3, 0.4) is 0 Å². The Balaban J connectivity index is 1.62. The van der Waals surface area contributed by atoms with Gasteiger partial charge in [-0.05, 0) is 49.4 Å². The molecular weight excluding hydrogens is 350 g/mol. The monoisotopic (exact) mass is 383 g/mol. The van der Waals surface area contributed by atoms with E-state index in [2.05, 4.69) is 48.2 Å². The van der Waals surface area contributed by atoms with Gasteiger partial charge < -0.3 is 9.84 Å². The van der Waals surface area contributed by atoms with Crippen molar-refractivity contribution in [2.45, 2.75) is 58.4 Å². The molecule has 1 aliphatic rings. The van der Waals surface area contributed by atoms with Crippen LogP contribution in [-0.2, 0) is 11.3 Å². The number of carbonyl (C=O) groups is 1. The van der Waals surface area contributed by atoms with E-state index in [0.717, 1.165) is 51.3 Å². The van der Waals surface area contributed by atoms with Gasteiger partial charge in [-0.1, -0.05) is 62.9 Å². The van der Waals surface area contributed by atoms with E-state index in [1.807, 2.05) is 0 Å². The number of benzene rings is 2. The summed E-state index contributed by atoms with van der Waals surface area (Å²) in [5, 5.41) is 11.6. The summed E-state index contributed by atoms with van der Waals surface area (Å²) in [5.74, 6) is 0.141. The fourth-order valence-corrected chi connectivity index (χ4v) is 4.08. The van der Waals surface area contributed by atoms with Crippen LogP contribution in [0.25, 0.3) is 10.8 Å². The van der Waals surface area contributed by atoms with Crippen molar-refractivity contribution in [3.8, 4) is 5.75 Å². The van der Waals surface area contributed by atoms with Crippen molar-refractivity contribution >= 4 is 16.7 Å². The predicted octanol–water partition coefficient (Wildman–Crippen LogP) is 5.49. The zero-order valence-corrected chi connectivity index (χ0v) is 17.0. The standard InChI is InChI=1S/C24H33NO3/c1-2-3-4-5-6-17-28-23-12-8-10-21-20(9-7-11-22(21)23)18-25-15-13-19(14-16-25)24(26)27/h7-12,19H,2-6,13-18H2,1H3,(H,26,27). The number of fused-ring (bicyclic) bond motifs is 1. The number of likely N-dealkylation sites (tertiary alicyclic amines) is 1. The summed E-state index contributed by atoms with van der Waals surface area (Å²) in [6.07, 6.45) is 7.68. The van der Waals surface area contributed by atoms with E-state index in [0.29, 0.717) is 0 Å². The SMILES string of the molecule is CCCCCCCOc1cccc2c(CN3CCC(C(=O)O)CC3)cccc12. The highest BCUT2D eigenvalue weighted by atomic mass is 16.5. The maximum atomic E-state index is 11.2. The lowest BCUT2D eigenvalue weighted by atomic mass is 9.96. The minimum absolute atomic E-state index is 0.180. The lowest BCUT2D eigenvalue weighted by molar-refractivity contribution is -0.143. The second-order valence-corrected chi connectivity index (χ2v) is 7.92. The fourth-order valence-electron chi connectivity index (χ4n) is 4.08.